The Hall–Kier alpha value is -2.93. The molecule has 0 amide bonds. The van der Waals surface area contributed by atoms with Gasteiger partial charge in [0, 0.05) is 24.8 Å². The lowest BCUT2D eigenvalue weighted by Crippen LogP contribution is -2.08. The number of H-pyrrole nitrogens is 1. The third-order valence-electron chi connectivity index (χ3n) is 3.69. The van der Waals surface area contributed by atoms with Gasteiger partial charge in [0.1, 0.15) is 11.3 Å². The minimum atomic E-state index is -0.859. The van der Waals surface area contributed by atoms with Gasteiger partial charge in [-0.2, -0.15) is 0 Å². The van der Waals surface area contributed by atoms with Crippen LogP contribution in [0.2, 0.25) is 0 Å². The van der Waals surface area contributed by atoms with Crippen LogP contribution in [0, 0.1) is 0 Å². The second kappa shape index (κ2) is 7.31. The van der Waals surface area contributed by atoms with Crippen LogP contribution in [0.4, 0.5) is 0 Å². The number of fused-ring (bicyclic) bond motifs is 1. The molecule has 1 atom stereocenters. The van der Waals surface area contributed by atoms with Crippen molar-refractivity contribution in [2.75, 3.05) is 6.61 Å². The smallest absolute Gasteiger partial charge is 0.311 e. The lowest BCUT2D eigenvalue weighted by molar-refractivity contribution is -0.142. The van der Waals surface area contributed by atoms with Crippen molar-refractivity contribution in [1.29, 1.82) is 0 Å². The topological polar surface area (TPSA) is 105 Å². The van der Waals surface area contributed by atoms with Crippen molar-refractivity contribution >= 4 is 17.1 Å². The molecule has 25 heavy (non-hydrogen) atoms. The van der Waals surface area contributed by atoms with Gasteiger partial charge >= 0.3 is 5.97 Å². The van der Waals surface area contributed by atoms with Gasteiger partial charge in [-0.1, -0.05) is 0 Å². The molecule has 0 saturated heterocycles. The van der Waals surface area contributed by atoms with E-state index in [2.05, 4.69) is 9.97 Å². The Morgan fingerprint density at radius 3 is 2.96 bits per heavy atom. The number of pyridine rings is 2. The number of aromatic nitrogens is 2. The fourth-order valence-electron chi connectivity index (χ4n) is 2.55. The van der Waals surface area contributed by atoms with Crippen molar-refractivity contribution in [2.24, 2.45) is 0 Å². The zero-order chi connectivity index (χ0) is 17.8. The van der Waals surface area contributed by atoms with Crippen LogP contribution in [-0.2, 0) is 22.4 Å². The van der Waals surface area contributed by atoms with Crippen LogP contribution in [-0.4, -0.2) is 27.7 Å². The number of esters is 1. The molecule has 0 aliphatic heterocycles. The van der Waals surface area contributed by atoms with Gasteiger partial charge in [0.15, 0.2) is 5.58 Å². The van der Waals surface area contributed by atoms with Gasteiger partial charge in [0.2, 0.25) is 5.56 Å². The van der Waals surface area contributed by atoms with Crippen LogP contribution in [0.1, 0.15) is 30.0 Å². The molecule has 7 nitrogen and oxygen atoms in total. The molecule has 0 saturated carbocycles. The lowest BCUT2D eigenvalue weighted by atomic mass is 10.1. The first-order valence-electron chi connectivity index (χ1n) is 7.96. The molecule has 3 heterocycles. The fraction of sp³-hybridized carbons (Fsp3) is 0.278. The molecule has 7 heteroatoms. The van der Waals surface area contributed by atoms with Gasteiger partial charge in [0.25, 0.3) is 0 Å². The number of aliphatic hydroxyl groups is 1. The maximum Gasteiger partial charge on any atom is 0.311 e. The van der Waals surface area contributed by atoms with E-state index < -0.39 is 6.10 Å². The summed E-state index contributed by atoms with van der Waals surface area (Å²) < 4.78 is 10.6. The third-order valence-corrected chi connectivity index (χ3v) is 3.69. The zero-order valence-corrected chi connectivity index (χ0v) is 13.7. The normalized spacial score (nSPS) is 12.2. The van der Waals surface area contributed by atoms with Crippen LogP contribution in [0.5, 0.6) is 0 Å². The highest BCUT2D eigenvalue weighted by molar-refractivity contribution is 5.76. The molecule has 3 aromatic rings. The Morgan fingerprint density at radius 1 is 1.36 bits per heavy atom. The maximum absolute atomic E-state index is 11.5. The number of rotatable bonds is 6. The Morgan fingerprint density at radius 2 is 2.20 bits per heavy atom. The van der Waals surface area contributed by atoms with Gasteiger partial charge in [0.05, 0.1) is 24.8 Å². The summed E-state index contributed by atoms with van der Waals surface area (Å²) in [5, 5.41) is 10.3. The van der Waals surface area contributed by atoms with Gasteiger partial charge in [-0.3, -0.25) is 9.59 Å². The van der Waals surface area contributed by atoms with Gasteiger partial charge in [-0.05, 0) is 30.7 Å². The standard InChI is InChI=1S/C18H18N2O5/c1-2-24-18(23)8-12-3-4-16-14(20-12)9-13(25-16)10-15(21)11-5-6-19-17(22)7-11/h3-7,9,15,21H,2,8,10H2,1H3,(H,19,22). The highest BCUT2D eigenvalue weighted by Crippen LogP contribution is 2.23. The number of aliphatic hydroxyl groups excluding tert-OH is 1. The number of nitrogens with one attached hydrogen (secondary N) is 1. The zero-order valence-electron chi connectivity index (χ0n) is 13.7. The summed E-state index contributed by atoms with van der Waals surface area (Å²) >= 11 is 0. The van der Waals surface area contributed by atoms with Crippen LogP contribution < -0.4 is 5.56 Å². The predicted octanol–water partition coefficient (Wildman–Crippen LogP) is 1.90. The molecule has 0 bridgehead atoms. The number of furan rings is 1. The molecule has 0 aliphatic rings. The molecule has 0 aromatic carbocycles. The van der Waals surface area contributed by atoms with E-state index in [1.54, 1.807) is 31.2 Å². The molecular weight excluding hydrogens is 324 g/mol. The fourth-order valence-corrected chi connectivity index (χ4v) is 2.55. The van der Waals surface area contributed by atoms with E-state index in [4.69, 9.17) is 9.15 Å². The van der Waals surface area contributed by atoms with Crippen molar-refractivity contribution < 1.29 is 19.1 Å². The van der Waals surface area contributed by atoms with Crippen molar-refractivity contribution in [1.82, 2.24) is 9.97 Å². The number of carbonyl (C=O) groups is 1. The Kier molecular flexibility index (Phi) is 4.95. The Balaban J connectivity index is 1.76. The van der Waals surface area contributed by atoms with E-state index in [1.165, 1.54) is 12.3 Å². The van der Waals surface area contributed by atoms with E-state index in [9.17, 15) is 14.7 Å². The van der Waals surface area contributed by atoms with E-state index in [-0.39, 0.29) is 24.4 Å². The first-order chi connectivity index (χ1) is 12.0. The van der Waals surface area contributed by atoms with Crippen LogP contribution in [0.15, 0.2) is 45.7 Å². The van der Waals surface area contributed by atoms with Crippen LogP contribution >= 0.6 is 0 Å². The summed E-state index contributed by atoms with van der Waals surface area (Å²) in [5.74, 6) is 0.214. The average molecular weight is 342 g/mol. The van der Waals surface area contributed by atoms with Gasteiger partial charge in [-0.25, -0.2) is 4.98 Å². The molecule has 0 fully saturated rings. The van der Waals surface area contributed by atoms with Gasteiger partial charge < -0.3 is 19.2 Å². The summed E-state index contributed by atoms with van der Waals surface area (Å²) in [4.78, 5) is 29.7. The van der Waals surface area contributed by atoms with E-state index in [0.717, 1.165) is 0 Å². The first-order valence-corrected chi connectivity index (χ1v) is 7.96. The highest BCUT2D eigenvalue weighted by atomic mass is 16.5. The minimum Gasteiger partial charge on any atom is -0.466 e. The largest absolute Gasteiger partial charge is 0.466 e. The molecule has 130 valence electrons. The number of hydrogen-bond donors (Lipinski definition) is 2. The SMILES string of the molecule is CCOC(=O)Cc1ccc2oc(CC(O)c3cc[nH]c(=O)c3)cc2n1. The average Bonchev–Trinajstić information content (AvgIpc) is 2.96. The molecule has 0 radical (unpaired) electrons. The van der Waals surface area contributed by atoms with E-state index in [0.29, 0.717) is 34.7 Å². The second-order valence-electron chi connectivity index (χ2n) is 5.59. The number of carbonyl (C=O) groups excluding carboxylic acids is 1. The molecule has 3 rings (SSSR count). The quantitative estimate of drug-likeness (QED) is 0.663. The van der Waals surface area contributed by atoms with Crippen molar-refractivity contribution in [2.45, 2.75) is 25.9 Å². The third kappa shape index (κ3) is 4.13. The maximum atomic E-state index is 11.5. The van der Waals surface area contributed by atoms with Crippen molar-refractivity contribution in [3.63, 3.8) is 0 Å². The summed E-state index contributed by atoms with van der Waals surface area (Å²) in [6.07, 6.45) is 0.942. The summed E-state index contributed by atoms with van der Waals surface area (Å²) in [6, 6.07) is 8.16. The summed E-state index contributed by atoms with van der Waals surface area (Å²) in [5.41, 5.74) is 2.01. The Bertz CT molecular complexity index is 944. The lowest BCUT2D eigenvalue weighted by Gasteiger charge is -2.07. The van der Waals surface area contributed by atoms with Crippen molar-refractivity contribution in [3.05, 3.63) is 63.9 Å². The highest BCUT2D eigenvalue weighted by Gasteiger charge is 2.14. The Labute approximate surface area is 143 Å². The number of hydrogen-bond acceptors (Lipinski definition) is 6. The second-order valence-corrected chi connectivity index (χ2v) is 5.59. The van der Waals surface area contributed by atoms with Crippen molar-refractivity contribution in [3.8, 4) is 0 Å². The van der Waals surface area contributed by atoms with E-state index in [1.807, 2.05) is 0 Å². The molecule has 2 N–H and O–H groups in total. The molecule has 3 aromatic heterocycles. The molecule has 0 spiro atoms. The number of nitrogens with zero attached hydrogens (tertiary/aromatic N) is 1. The molecular formula is C18H18N2O5. The predicted molar refractivity (Wildman–Crippen MR) is 90.1 cm³/mol. The minimum absolute atomic E-state index is 0.0969. The van der Waals surface area contributed by atoms with Crippen LogP contribution in [0.3, 0.4) is 0 Å². The van der Waals surface area contributed by atoms with Crippen LogP contribution in [0.25, 0.3) is 11.1 Å². The summed E-state index contributed by atoms with van der Waals surface area (Å²) in [7, 11) is 0. The summed E-state index contributed by atoms with van der Waals surface area (Å²) in [6.45, 7) is 2.08. The number of aromatic amines is 1. The molecule has 0 aliphatic carbocycles. The van der Waals surface area contributed by atoms with E-state index >= 15 is 0 Å². The monoisotopic (exact) mass is 342 g/mol. The van der Waals surface area contributed by atoms with Gasteiger partial charge in [-0.15, -0.1) is 0 Å². The molecule has 1 unspecified atom stereocenters. The number of ether oxygens (including phenoxy) is 1. The first kappa shape index (κ1) is 16.9.